The topological polar surface area (TPSA) is 105 Å². The van der Waals surface area contributed by atoms with Gasteiger partial charge in [0.1, 0.15) is 12.4 Å². The van der Waals surface area contributed by atoms with Crippen molar-refractivity contribution in [1.29, 1.82) is 0 Å². The number of hydrogen-bond acceptors (Lipinski definition) is 7. The second-order valence-electron chi connectivity index (χ2n) is 9.65. The van der Waals surface area contributed by atoms with Crippen LogP contribution in [0, 0.1) is 3.83 Å². The number of aromatic hydroxyl groups is 1. The molecule has 36 heavy (non-hydrogen) atoms. The lowest BCUT2D eigenvalue weighted by Gasteiger charge is -2.18. The molecule has 4 aromatic rings. The van der Waals surface area contributed by atoms with E-state index in [0.29, 0.717) is 51.9 Å². The van der Waals surface area contributed by atoms with Crippen LogP contribution in [0.5, 0.6) is 11.8 Å². The molecular weight excluding hydrogens is 571 g/mol. The Kier molecular flexibility index (Phi) is 6.23. The van der Waals surface area contributed by atoms with Crippen molar-refractivity contribution in [1.82, 2.24) is 24.4 Å². The Morgan fingerprint density at radius 1 is 1.19 bits per heavy atom. The molecule has 186 valence electrons. The van der Waals surface area contributed by atoms with E-state index in [1.54, 1.807) is 32.3 Å². The Bertz CT molecular complexity index is 1480. The van der Waals surface area contributed by atoms with Crippen molar-refractivity contribution in [3.8, 4) is 22.9 Å². The number of benzene rings is 2. The first-order valence-corrected chi connectivity index (χ1v) is 12.7. The summed E-state index contributed by atoms with van der Waals surface area (Å²) in [5.41, 5.74) is 4.31. The van der Waals surface area contributed by atoms with E-state index in [9.17, 15) is 9.90 Å². The van der Waals surface area contributed by atoms with Crippen LogP contribution in [0.4, 0.5) is 5.82 Å². The number of nitrogens with zero attached hydrogens (tertiary/aromatic N) is 5. The average molecular weight is 598 g/mol. The Morgan fingerprint density at radius 2 is 2.00 bits per heavy atom. The van der Waals surface area contributed by atoms with E-state index in [1.165, 1.54) is 4.90 Å². The van der Waals surface area contributed by atoms with Gasteiger partial charge in [0.25, 0.3) is 11.9 Å². The van der Waals surface area contributed by atoms with Crippen LogP contribution in [-0.4, -0.2) is 62.7 Å². The normalized spacial score (nSPS) is 13.9. The second kappa shape index (κ2) is 9.23. The number of amides is 1. The van der Waals surface area contributed by atoms with Gasteiger partial charge >= 0.3 is 0 Å². The van der Waals surface area contributed by atoms with Gasteiger partial charge in [0.05, 0.1) is 5.54 Å². The lowest BCUT2D eigenvalue weighted by Crippen LogP contribution is -2.26. The number of phenolic OH excluding ortho intramolecular Hbond substituents is 1. The van der Waals surface area contributed by atoms with Crippen molar-refractivity contribution in [2.24, 2.45) is 0 Å². The number of rotatable bonds is 6. The number of hydrogen-bond donors (Lipinski definition) is 2. The molecule has 0 radical (unpaired) electrons. The Morgan fingerprint density at radius 3 is 2.78 bits per heavy atom. The van der Waals surface area contributed by atoms with Crippen molar-refractivity contribution < 1.29 is 14.6 Å². The van der Waals surface area contributed by atoms with E-state index in [4.69, 9.17) is 4.74 Å². The number of carbonyl (C=O) groups is 1. The van der Waals surface area contributed by atoms with Gasteiger partial charge in [0, 0.05) is 54.4 Å². The average Bonchev–Trinajstić information content (AvgIpc) is 3.36. The maximum atomic E-state index is 12.4. The molecule has 0 spiro atoms. The minimum atomic E-state index is -0.226. The second-order valence-corrected chi connectivity index (χ2v) is 10.6. The summed E-state index contributed by atoms with van der Waals surface area (Å²) in [6.07, 6.45) is 0.696. The third kappa shape index (κ3) is 4.45. The maximum absolute atomic E-state index is 12.4. The van der Waals surface area contributed by atoms with Crippen LogP contribution in [0.3, 0.4) is 0 Å². The van der Waals surface area contributed by atoms with E-state index in [2.05, 4.69) is 56.7 Å². The molecule has 0 saturated heterocycles. The molecule has 9 nitrogen and oxygen atoms in total. The van der Waals surface area contributed by atoms with Gasteiger partial charge in [0.15, 0.2) is 20.8 Å². The highest BCUT2D eigenvalue weighted by Gasteiger charge is 2.36. The van der Waals surface area contributed by atoms with Gasteiger partial charge in [-0.25, -0.2) is 9.97 Å². The molecule has 5 rings (SSSR count). The fourth-order valence-corrected chi connectivity index (χ4v) is 4.83. The van der Waals surface area contributed by atoms with Gasteiger partial charge in [-0.3, -0.25) is 9.36 Å². The summed E-state index contributed by atoms with van der Waals surface area (Å²) in [5.74, 6) is 0.754. The van der Waals surface area contributed by atoms with E-state index < -0.39 is 0 Å². The van der Waals surface area contributed by atoms with Crippen molar-refractivity contribution in [2.45, 2.75) is 25.8 Å². The number of imidazole rings is 1. The molecule has 1 aliphatic heterocycles. The molecule has 2 aromatic heterocycles. The molecule has 1 aliphatic rings. The van der Waals surface area contributed by atoms with Crippen LogP contribution in [0.1, 0.15) is 29.8 Å². The Labute approximate surface area is 222 Å². The van der Waals surface area contributed by atoms with Gasteiger partial charge in [-0.2, -0.15) is 4.98 Å². The number of phenols is 1. The van der Waals surface area contributed by atoms with Gasteiger partial charge in [-0.05, 0) is 55.7 Å². The van der Waals surface area contributed by atoms with Crippen molar-refractivity contribution in [3.63, 3.8) is 0 Å². The minimum Gasteiger partial charge on any atom is -0.507 e. The SMILES string of the molecule is CN(C)C(=O)c1cccc(-c2cc(CCNc3nc(I)nc4c3nc3n4C(C)(C)CO3)ccc2O)c1. The number of nitrogens with one attached hydrogen (secondary N) is 1. The van der Waals surface area contributed by atoms with Crippen LogP contribution >= 0.6 is 22.6 Å². The minimum absolute atomic E-state index is 0.0819. The highest BCUT2D eigenvalue weighted by molar-refractivity contribution is 14.1. The number of halogens is 1. The fourth-order valence-electron chi connectivity index (χ4n) is 4.36. The zero-order valence-electron chi connectivity index (χ0n) is 20.5. The molecule has 1 amide bonds. The van der Waals surface area contributed by atoms with Crippen LogP contribution in [-0.2, 0) is 12.0 Å². The highest BCUT2D eigenvalue weighted by atomic mass is 127. The molecule has 0 atom stereocenters. The molecule has 0 saturated carbocycles. The van der Waals surface area contributed by atoms with Gasteiger partial charge in [0.2, 0.25) is 0 Å². The van der Waals surface area contributed by atoms with Crippen molar-refractivity contribution in [2.75, 3.05) is 32.6 Å². The lowest BCUT2D eigenvalue weighted by molar-refractivity contribution is 0.0827. The number of ether oxygens (including phenoxy) is 1. The van der Waals surface area contributed by atoms with Crippen molar-refractivity contribution >= 4 is 45.5 Å². The van der Waals surface area contributed by atoms with Crippen LogP contribution in [0.25, 0.3) is 22.3 Å². The lowest BCUT2D eigenvalue weighted by atomic mass is 9.98. The molecule has 0 fully saturated rings. The standard InChI is InChI=1S/C26H27IN6O3/c1-26(2)14-36-25-29-20-21(30-24(27)31-22(20)33(25)26)28-11-10-15-8-9-19(34)18(12-15)16-6-5-7-17(13-16)23(35)32(3)4/h5-9,12-13,34H,10-11,14H2,1-4H3,(H,28,30,31). The molecule has 0 aliphatic carbocycles. The summed E-state index contributed by atoms with van der Waals surface area (Å²) in [5, 5.41) is 13.9. The zero-order valence-corrected chi connectivity index (χ0v) is 22.7. The number of carbonyl (C=O) groups excluding carboxylic acids is 1. The Hall–Kier alpha value is -3.41. The summed E-state index contributed by atoms with van der Waals surface area (Å²) in [4.78, 5) is 27.7. The first-order valence-electron chi connectivity index (χ1n) is 11.6. The molecule has 3 heterocycles. The van der Waals surface area contributed by atoms with Gasteiger partial charge in [-0.15, -0.1) is 0 Å². The first-order chi connectivity index (χ1) is 17.1. The largest absolute Gasteiger partial charge is 0.507 e. The molecule has 2 N–H and O–H groups in total. The smallest absolute Gasteiger partial charge is 0.299 e. The summed E-state index contributed by atoms with van der Waals surface area (Å²) in [6.45, 7) is 5.37. The fraction of sp³-hybridized carbons (Fsp3) is 0.308. The van der Waals surface area contributed by atoms with E-state index in [-0.39, 0.29) is 17.2 Å². The number of fused-ring (bicyclic) bond motifs is 3. The predicted octanol–water partition coefficient (Wildman–Crippen LogP) is 4.29. The van der Waals surface area contributed by atoms with Gasteiger partial charge in [-0.1, -0.05) is 18.2 Å². The van der Waals surface area contributed by atoms with E-state index >= 15 is 0 Å². The van der Waals surface area contributed by atoms with E-state index in [0.717, 1.165) is 16.8 Å². The molecule has 0 unspecified atom stereocenters. The van der Waals surface area contributed by atoms with E-state index in [1.807, 2.05) is 28.8 Å². The van der Waals surface area contributed by atoms with Gasteiger partial charge < -0.3 is 20.1 Å². The highest BCUT2D eigenvalue weighted by Crippen LogP contribution is 2.36. The summed E-state index contributed by atoms with van der Waals surface area (Å²) in [6, 6.07) is 13.4. The third-order valence-corrected chi connectivity index (χ3v) is 6.68. The van der Waals surface area contributed by atoms with Crippen molar-refractivity contribution in [3.05, 3.63) is 57.4 Å². The summed E-state index contributed by atoms with van der Waals surface area (Å²) < 4.78 is 8.43. The quantitative estimate of drug-likeness (QED) is 0.252. The predicted molar refractivity (Wildman–Crippen MR) is 147 cm³/mol. The summed E-state index contributed by atoms with van der Waals surface area (Å²) in [7, 11) is 3.44. The van der Waals surface area contributed by atoms with Crippen LogP contribution < -0.4 is 10.1 Å². The summed E-state index contributed by atoms with van der Waals surface area (Å²) >= 11 is 2.12. The number of aromatic nitrogens is 4. The molecule has 0 bridgehead atoms. The van der Waals surface area contributed by atoms with Crippen LogP contribution in [0.2, 0.25) is 0 Å². The van der Waals surface area contributed by atoms with Crippen LogP contribution in [0.15, 0.2) is 42.5 Å². The monoisotopic (exact) mass is 598 g/mol. The Balaban J connectivity index is 1.37. The zero-order chi connectivity index (χ0) is 25.6. The molecular formula is C26H27IN6O3. The molecule has 2 aromatic carbocycles. The third-order valence-electron chi connectivity index (χ3n) is 6.20. The maximum Gasteiger partial charge on any atom is 0.299 e. The first kappa shape index (κ1) is 24.3. The molecule has 10 heteroatoms. The number of anilines is 1.